The summed E-state index contributed by atoms with van der Waals surface area (Å²) in [5, 5.41) is 8.93. The van der Waals surface area contributed by atoms with Crippen LogP contribution in [0.4, 0.5) is 15.9 Å². The summed E-state index contributed by atoms with van der Waals surface area (Å²) < 4.78 is 26.1. The van der Waals surface area contributed by atoms with Crippen LogP contribution < -0.4 is 20.1 Å². The molecule has 0 amide bonds. The van der Waals surface area contributed by atoms with Crippen molar-refractivity contribution < 1.29 is 13.9 Å². The second-order valence-corrected chi connectivity index (χ2v) is 11.9. The second-order valence-electron chi connectivity index (χ2n) is 11.9. The average molecular weight is 584 g/mol. The minimum Gasteiger partial charge on any atom is -0.497 e. The zero-order chi connectivity index (χ0) is 29.9. The predicted molar refractivity (Wildman–Crippen MR) is 172 cm³/mol. The topological polar surface area (TPSA) is 61.9 Å². The van der Waals surface area contributed by atoms with Crippen LogP contribution in [0.2, 0.25) is 0 Å². The molecule has 43 heavy (non-hydrogen) atoms. The number of anilines is 2. The number of hydrogen-bond acceptors (Lipinski definition) is 7. The molecule has 2 aliphatic heterocycles. The van der Waals surface area contributed by atoms with Crippen molar-refractivity contribution in [1.29, 1.82) is 0 Å². The number of ether oxygens (including phenoxy) is 2. The standard InChI is InChI=1S/C35H42FN5O2/c1-23(2)41-22-27-17-28(41)21-40(27)15-13-24-8-9-25(32(36)16-24)19-38-33-7-5-6-31-30(33)12-14-37-35(31)39-20-26-10-11-29(42-3)18-34(26)43-4/h5-12,14,16,18,23,27-28,38H,13,15,17,19-22H2,1-4H3,(H,37,39)/t27?,28-/m0/s1. The Hall–Kier alpha value is -3.88. The first-order valence-corrected chi connectivity index (χ1v) is 15.3. The molecule has 3 heterocycles. The first-order chi connectivity index (χ1) is 20.9. The molecule has 1 unspecified atom stereocenters. The van der Waals surface area contributed by atoms with Crippen molar-refractivity contribution in [2.75, 3.05) is 44.5 Å². The number of nitrogens with one attached hydrogen (secondary N) is 2. The lowest BCUT2D eigenvalue weighted by Gasteiger charge is -2.36. The number of piperazine rings is 1. The molecule has 0 saturated carbocycles. The van der Waals surface area contributed by atoms with Gasteiger partial charge >= 0.3 is 0 Å². The van der Waals surface area contributed by atoms with E-state index in [0.29, 0.717) is 36.8 Å². The Morgan fingerprint density at radius 2 is 1.74 bits per heavy atom. The lowest BCUT2D eigenvalue weighted by Crippen LogP contribution is -2.49. The molecule has 2 saturated heterocycles. The Morgan fingerprint density at radius 1 is 0.907 bits per heavy atom. The normalized spacial score (nSPS) is 18.5. The Bertz CT molecular complexity index is 1580. The van der Waals surface area contributed by atoms with Crippen LogP contribution in [0.5, 0.6) is 11.5 Å². The van der Waals surface area contributed by atoms with E-state index in [1.165, 1.54) is 13.0 Å². The summed E-state index contributed by atoms with van der Waals surface area (Å²) >= 11 is 0. The summed E-state index contributed by atoms with van der Waals surface area (Å²) in [7, 11) is 3.29. The summed E-state index contributed by atoms with van der Waals surface area (Å²) in [6, 6.07) is 21.5. The van der Waals surface area contributed by atoms with Crippen molar-refractivity contribution in [2.24, 2.45) is 0 Å². The van der Waals surface area contributed by atoms with Crippen molar-refractivity contribution in [3.8, 4) is 11.5 Å². The predicted octanol–water partition coefficient (Wildman–Crippen LogP) is 6.32. The Balaban J connectivity index is 1.08. The molecular weight excluding hydrogens is 541 g/mol. The summed E-state index contributed by atoms with van der Waals surface area (Å²) in [6.07, 6.45) is 3.95. The highest BCUT2D eigenvalue weighted by molar-refractivity contribution is 5.99. The quantitative estimate of drug-likeness (QED) is 0.202. The fourth-order valence-corrected chi connectivity index (χ4v) is 6.72. The van der Waals surface area contributed by atoms with Gasteiger partial charge in [-0.15, -0.1) is 0 Å². The Morgan fingerprint density at radius 3 is 2.49 bits per heavy atom. The highest BCUT2D eigenvalue weighted by Crippen LogP contribution is 2.33. The molecule has 2 bridgehead atoms. The lowest BCUT2D eigenvalue weighted by molar-refractivity contribution is 0.105. The molecule has 7 nitrogen and oxygen atoms in total. The fourth-order valence-electron chi connectivity index (χ4n) is 6.72. The molecule has 2 aliphatic rings. The monoisotopic (exact) mass is 583 g/mol. The molecule has 226 valence electrons. The number of hydrogen-bond donors (Lipinski definition) is 2. The third-order valence-electron chi connectivity index (χ3n) is 9.08. The molecule has 4 aromatic rings. The van der Waals surface area contributed by atoms with E-state index in [0.717, 1.165) is 64.4 Å². The maximum absolute atomic E-state index is 15.2. The molecule has 0 radical (unpaired) electrons. The number of methoxy groups -OCH3 is 2. The summed E-state index contributed by atoms with van der Waals surface area (Å²) in [5.74, 6) is 2.12. The van der Waals surface area contributed by atoms with Crippen molar-refractivity contribution in [1.82, 2.24) is 14.8 Å². The lowest BCUT2D eigenvalue weighted by atomic mass is 10.1. The zero-order valence-electron chi connectivity index (χ0n) is 25.6. The van der Waals surface area contributed by atoms with Gasteiger partial charge < -0.3 is 20.1 Å². The molecule has 2 N–H and O–H groups in total. The second kappa shape index (κ2) is 12.8. The van der Waals surface area contributed by atoms with E-state index in [1.807, 2.05) is 48.5 Å². The average Bonchev–Trinajstić information content (AvgIpc) is 3.63. The van der Waals surface area contributed by atoms with Crippen molar-refractivity contribution >= 4 is 22.3 Å². The SMILES string of the molecule is COc1ccc(CNc2nccc3c(NCc4ccc(CCN5C[C@@H]6CC5CN6C(C)C)cc4F)cccc23)c(OC)c1. The third-order valence-corrected chi connectivity index (χ3v) is 9.08. The van der Waals surface area contributed by atoms with Crippen LogP contribution in [-0.4, -0.2) is 66.8 Å². The van der Waals surface area contributed by atoms with Crippen LogP contribution in [-0.2, 0) is 19.5 Å². The van der Waals surface area contributed by atoms with E-state index >= 15 is 4.39 Å². The summed E-state index contributed by atoms with van der Waals surface area (Å²) in [5.41, 5.74) is 3.66. The molecule has 2 fully saturated rings. The van der Waals surface area contributed by atoms with E-state index < -0.39 is 0 Å². The van der Waals surface area contributed by atoms with Crippen LogP contribution in [0.3, 0.4) is 0 Å². The van der Waals surface area contributed by atoms with E-state index in [2.05, 4.69) is 45.3 Å². The van der Waals surface area contributed by atoms with Gasteiger partial charge in [0.25, 0.3) is 0 Å². The van der Waals surface area contributed by atoms with Gasteiger partial charge in [-0.1, -0.05) is 24.3 Å². The van der Waals surface area contributed by atoms with Gasteiger partial charge in [0.05, 0.1) is 14.2 Å². The van der Waals surface area contributed by atoms with Crippen LogP contribution in [0, 0.1) is 5.82 Å². The molecule has 0 aliphatic carbocycles. The number of aromatic nitrogens is 1. The van der Waals surface area contributed by atoms with Gasteiger partial charge in [0.2, 0.25) is 0 Å². The van der Waals surface area contributed by atoms with Crippen molar-refractivity contribution in [3.05, 3.63) is 89.4 Å². The first kappa shape index (κ1) is 29.2. The summed E-state index contributed by atoms with van der Waals surface area (Å²) in [6.45, 7) is 8.83. The van der Waals surface area contributed by atoms with Crippen molar-refractivity contribution in [2.45, 2.75) is 57.9 Å². The van der Waals surface area contributed by atoms with E-state index in [9.17, 15) is 0 Å². The van der Waals surface area contributed by atoms with E-state index in [-0.39, 0.29) is 5.82 Å². The number of halogens is 1. The highest BCUT2D eigenvalue weighted by atomic mass is 19.1. The number of benzene rings is 3. The maximum Gasteiger partial charge on any atom is 0.134 e. The van der Waals surface area contributed by atoms with Gasteiger partial charge in [0, 0.05) is 90.7 Å². The Labute approximate surface area is 254 Å². The van der Waals surface area contributed by atoms with E-state index in [4.69, 9.17) is 9.47 Å². The maximum atomic E-state index is 15.2. The third kappa shape index (κ3) is 6.26. The van der Waals surface area contributed by atoms with Gasteiger partial charge in [-0.3, -0.25) is 9.80 Å². The largest absolute Gasteiger partial charge is 0.497 e. The number of pyridine rings is 1. The van der Waals surface area contributed by atoms with Gasteiger partial charge in [-0.2, -0.15) is 0 Å². The molecule has 6 rings (SSSR count). The number of nitrogens with zero attached hydrogens (tertiary/aromatic N) is 3. The van der Waals surface area contributed by atoms with E-state index in [1.54, 1.807) is 26.5 Å². The first-order valence-electron chi connectivity index (χ1n) is 15.3. The van der Waals surface area contributed by atoms with Gasteiger partial charge in [-0.05, 0) is 62.6 Å². The van der Waals surface area contributed by atoms with Crippen molar-refractivity contribution in [3.63, 3.8) is 0 Å². The number of fused-ring (bicyclic) bond motifs is 3. The summed E-state index contributed by atoms with van der Waals surface area (Å²) in [4.78, 5) is 9.83. The molecule has 8 heteroatoms. The number of rotatable bonds is 12. The molecule has 1 aromatic heterocycles. The zero-order valence-corrected chi connectivity index (χ0v) is 25.6. The molecule has 0 spiro atoms. The molecule has 3 aromatic carbocycles. The molecular formula is C35H42FN5O2. The minimum atomic E-state index is -0.156. The van der Waals surface area contributed by atoms with Gasteiger partial charge in [-0.25, -0.2) is 9.37 Å². The minimum absolute atomic E-state index is 0.156. The van der Waals surface area contributed by atoms with Crippen LogP contribution >= 0.6 is 0 Å². The van der Waals surface area contributed by atoms with Gasteiger partial charge in [0.15, 0.2) is 0 Å². The van der Waals surface area contributed by atoms with Crippen LogP contribution in [0.25, 0.3) is 10.8 Å². The molecule has 2 atom stereocenters. The van der Waals surface area contributed by atoms with Gasteiger partial charge in [0.1, 0.15) is 23.1 Å². The smallest absolute Gasteiger partial charge is 0.134 e. The van der Waals surface area contributed by atoms with Crippen LogP contribution in [0.1, 0.15) is 37.0 Å². The fraction of sp³-hybridized carbons (Fsp3) is 0.400. The Kier molecular flexibility index (Phi) is 8.68. The van der Waals surface area contributed by atoms with Crippen LogP contribution in [0.15, 0.2) is 66.9 Å². The number of likely N-dealkylation sites (tertiary alicyclic amines) is 2. The highest BCUT2D eigenvalue weighted by Gasteiger charge is 2.43.